The number of urea groups is 1. The van der Waals surface area contributed by atoms with E-state index in [0.717, 1.165) is 10.8 Å². The van der Waals surface area contributed by atoms with Crippen LogP contribution in [0.1, 0.15) is 44.4 Å². The van der Waals surface area contributed by atoms with Crippen LogP contribution in [0.2, 0.25) is 0 Å². The Balaban J connectivity index is 1.83. The van der Waals surface area contributed by atoms with Gasteiger partial charge in [0.05, 0.1) is 5.01 Å². The molecule has 114 valence electrons. The third-order valence-corrected chi connectivity index (χ3v) is 3.94. The minimum Gasteiger partial charge on any atom is -0.359 e. The zero-order chi connectivity index (χ0) is 15.5. The topological polar surface area (TPSA) is 80.0 Å². The number of aromatic nitrogens is 2. The molecular formula is C14H20N4O2S. The monoisotopic (exact) mass is 308 g/mol. The molecule has 0 fully saturated rings. The van der Waals surface area contributed by atoms with Crippen molar-refractivity contribution in [1.29, 1.82) is 0 Å². The Labute approximate surface area is 127 Å². The number of nitrogens with one attached hydrogen (secondary N) is 2. The van der Waals surface area contributed by atoms with Gasteiger partial charge >= 0.3 is 6.03 Å². The minimum atomic E-state index is -0.299. The van der Waals surface area contributed by atoms with Gasteiger partial charge in [-0.3, -0.25) is 5.32 Å². The van der Waals surface area contributed by atoms with E-state index in [9.17, 15) is 4.79 Å². The quantitative estimate of drug-likeness (QED) is 0.907. The van der Waals surface area contributed by atoms with E-state index in [4.69, 9.17) is 4.52 Å². The summed E-state index contributed by atoms with van der Waals surface area (Å²) in [7, 11) is 0. The fourth-order valence-corrected chi connectivity index (χ4v) is 2.36. The van der Waals surface area contributed by atoms with Crippen LogP contribution in [0.4, 0.5) is 10.6 Å². The van der Waals surface area contributed by atoms with Crippen molar-refractivity contribution in [3.05, 3.63) is 28.4 Å². The first-order valence-electron chi connectivity index (χ1n) is 6.77. The summed E-state index contributed by atoms with van der Waals surface area (Å²) < 4.78 is 5.21. The van der Waals surface area contributed by atoms with Gasteiger partial charge < -0.3 is 9.84 Å². The van der Waals surface area contributed by atoms with E-state index in [1.165, 1.54) is 0 Å². The first-order valence-corrected chi connectivity index (χ1v) is 7.65. The molecule has 0 aromatic carbocycles. The average Bonchev–Trinajstić information content (AvgIpc) is 3.05. The largest absolute Gasteiger partial charge is 0.359 e. The number of carbonyl (C=O) groups excluding carboxylic acids is 1. The molecule has 0 radical (unpaired) electrons. The second kappa shape index (κ2) is 6.26. The predicted octanol–water partition coefficient (Wildman–Crippen LogP) is 3.35. The second-order valence-corrected chi connectivity index (χ2v) is 6.86. The van der Waals surface area contributed by atoms with E-state index in [1.54, 1.807) is 23.6 Å². The highest BCUT2D eigenvalue weighted by Crippen LogP contribution is 2.24. The molecule has 2 N–H and O–H groups in total. The van der Waals surface area contributed by atoms with Gasteiger partial charge in [0.25, 0.3) is 0 Å². The van der Waals surface area contributed by atoms with Crippen molar-refractivity contribution < 1.29 is 9.32 Å². The lowest BCUT2D eigenvalue weighted by Gasteiger charge is -2.12. The van der Waals surface area contributed by atoms with Gasteiger partial charge in [0.15, 0.2) is 5.82 Å². The number of carbonyl (C=O) groups is 1. The fraction of sp³-hybridized carbons (Fsp3) is 0.500. The first-order chi connectivity index (χ1) is 9.86. The zero-order valence-corrected chi connectivity index (χ0v) is 13.5. The van der Waals surface area contributed by atoms with Gasteiger partial charge in [0.1, 0.15) is 5.76 Å². The Morgan fingerprint density at radius 3 is 2.81 bits per heavy atom. The summed E-state index contributed by atoms with van der Waals surface area (Å²) in [6.07, 6.45) is 1.76. The molecule has 0 saturated carbocycles. The Morgan fingerprint density at radius 2 is 2.24 bits per heavy atom. The lowest BCUT2D eigenvalue weighted by atomic mass is 9.93. The summed E-state index contributed by atoms with van der Waals surface area (Å²) in [5.41, 5.74) is -0.136. The molecule has 1 atom stereocenters. The SMILES string of the molecule is C[C@@H](CNC(=O)Nc1cc(C(C)(C)C)on1)c1nccs1. The number of hydrogen-bond acceptors (Lipinski definition) is 5. The summed E-state index contributed by atoms with van der Waals surface area (Å²) in [5, 5.41) is 12.2. The number of amides is 2. The third kappa shape index (κ3) is 4.29. The van der Waals surface area contributed by atoms with E-state index in [0.29, 0.717) is 12.4 Å². The lowest BCUT2D eigenvalue weighted by Crippen LogP contribution is -2.31. The Morgan fingerprint density at radius 1 is 1.48 bits per heavy atom. The standard InChI is InChI=1S/C14H20N4O2S/c1-9(12-15-5-6-21-12)8-16-13(19)17-11-7-10(20-18-11)14(2,3)4/h5-7,9H,8H2,1-4H3,(H2,16,17,18,19)/t9-/m0/s1. The lowest BCUT2D eigenvalue weighted by molar-refractivity contribution is 0.251. The molecular weight excluding hydrogens is 288 g/mol. The highest BCUT2D eigenvalue weighted by Gasteiger charge is 2.20. The normalized spacial score (nSPS) is 13.0. The van der Waals surface area contributed by atoms with Crippen molar-refractivity contribution in [2.24, 2.45) is 0 Å². The van der Waals surface area contributed by atoms with Crippen molar-refractivity contribution in [3.8, 4) is 0 Å². The molecule has 0 saturated heterocycles. The van der Waals surface area contributed by atoms with Gasteiger partial charge in [-0.1, -0.05) is 32.9 Å². The molecule has 0 spiro atoms. The van der Waals surface area contributed by atoms with E-state index >= 15 is 0 Å². The van der Waals surface area contributed by atoms with Crippen LogP contribution in [-0.2, 0) is 5.41 Å². The maximum atomic E-state index is 11.8. The van der Waals surface area contributed by atoms with Gasteiger partial charge in [0.2, 0.25) is 0 Å². The summed E-state index contributed by atoms with van der Waals surface area (Å²) in [6.45, 7) is 8.60. The average molecular weight is 308 g/mol. The number of hydrogen-bond donors (Lipinski definition) is 2. The minimum absolute atomic E-state index is 0.136. The second-order valence-electron chi connectivity index (χ2n) is 5.93. The highest BCUT2D eigenvalue weighted by atomic mass is 32.1. The maximum absolute atomic E-state index is 11.8. The van der Waals surface area contributed by atoms with Crippen LogP contribution in [0.25, 0.3) is 0 Å². The Bertz CT molecular complexity index is 586. The molecule has 0 bridgehead atoms. The molecule has 2 amide bonds. The molecule has 2 aromatic rings. The highest BCUT2D eigenvalue weighted by molar-refractivity contribution is 7.09. The molecule has 6 nitrogen and oxygen atoms in total. The van der Waals surface area contributed by atoms with Crippen LogP contribution < -0.4 is 10.6 Å². The smallest absolute Gasteiger partial charge is 0.320 e. The molecule has 2 rings (SSSR count). The van der Waals surface area contributed by atoms with Crippen LogP contribution in [0.3, 0.4) is 0 Å². The molecule has 0 unspecified atom stereocenters. The van der Waals surface area contributed by atoms with Crippen molar-refractivity contribution in [1.82, 2.24) is 15.5 Å². The first kappa shape index (κ1) is 15.5. The summed E-state index contributed by atoms with van der Waals surface area (Å²) >= 11 is 1.58. The maximum Gasteiger partial charge on any atom is 0.320 e. The van der Waals surface area contributed by atoms with Gasteiger partial charge in [-0.15, -0.1) is 11.3 Å². The van der Waals surface area contributed by atoms with E-state index in [2.05, 4.69) is 20.8 Å². The molecule has 0 aliphatic carbocycles. The van der Waals surface area contributed by atoms with E-state index in [-0.39, 0.29) is 17.4 Å². The predicted molar refractivity (Wildman–Crippen MR) is 82.8 cm³/mol. The molecule has 2 heterocycles. The fourth-order valence-electron chi connectivity index (χ4n) is 1.66. The van der Waals surface area contributed by atoms with Crippen LogP contribution >= 0.6 is 11.3 Å². The molecule has 0 aliphatic rings. The number of nitrogens with zero attached hydrogens (tertiary/aromatic N) is 2. The molecule has 7 heteroatoms. The van der Waals surface area contributed by atoms with Crippen molar-refractivity contribution in [2.45, 2.75) is 39.0 Å². The third-order valence-electron chi connectivity index (χ3n) is 2.93. The molecule has 21 heavy (non-hydrogen) atoms. The Kier molecular flexibility index (Phi) is 4.62. The number of rotatable bonds is 4. The van der Waals surface area contributed by atoms with Gasteiger partial charge in [0, 0.05) is 35.5 Å². The number of anilines is 1. The Hall–Kier alpha value is -1.89. The van der Waals surface area contributed by atoms with Gasteiger partial charge in [-0.25, -0.2) is 9.78 Å². The summed E-state index contributed by atoms with van der Waals surface area (Å²) in [6, 6.07) is 1.44. The summed E-state index contributed by atoms with van der Waals surface area (Å²) in [5.74, 6) is 1.33. The van der Waals surface area contributed by atoms with Gasteiger partial charge in [-0.05, 0) is 0 Å². The van der Waals surface area contributed by atoms with Crippen molar-refractivity contribution in [2.75, 3.05) is 11.9 Å². The van der Waals surface area contributed by atoms with Gasteiger partial charge in [-0.2, -0.15) is 0 Å². The van der Waals surface area contributed by atoms with Crippen LogP contribution in [0.15, 0.2) is 22.2 Å². The van der Waals surface area contributed by atoms with Crippen molar-refractivity contribution >= 4 is 23.2 Å². The van der Waals surface area contributed by atoms with E-state index in [1.807, 2.05) is 33.1 Å². The molecule has 2 aromatic heterocycles. The summed E-state index contributed by atoms with van der Waals surface area (Å²) in [4.78, 5) is 16.1. The number of thiazole rings is 1. The van der Waals surface area contributed by atoms with Crippen molar-refractivity contribution in [3.63, 3.8) is 0 Å². The van der Waals surface area contributed by atoms with Crippen LogP contribution in [0.5, 0.6) is 0 Å². The molecule has 0 aliphatic heterocycles. The van der Waals surface area contributed by atoms with E-state index < -0.39 is 0 Å². The zero-order valence-electron chi connectivity index (χ0n) is 12.6. The van der Waals surface area contributed by atoms with Crippen LogP contribution in [0, 0.1) is 0 Å². The van der Waals surface area contributed by atoms with Crippen LogP contribution in [-0.4, -0.2) is 22.7 Å².